The minimum Gasteiger partial charge on any atom is -0.219 e. The van der Waals surface area contributed by atoms with Crippen molar-refractivity contribution in [3.8, 4) is 0 Å². The average molecular weight is 268 g/mol. The van der Waals surface area contributed by atoms with E-state index < -0.39 is 0 Å². The SMILES string of the molecule is Clc1cccn2nc(CC3CCCCS3)nc12. The first-order chi connectivity index (χ1) is 8.33. The normalized spacial score (nSPS) is 20.9. The predicted molar refractivity (Wildman–Crippen MR) is 71.8 cm³/mol. The molecule has 2 aromatic heterocycles. The van der Waals surface area contributed by atoms with Gasteiger partial charge in [0.2, 0.25) is 0 Å². The highest BCUT2D eigenvalue weighted by Gasteiger charge is 2.17. The van der Waals surface area contributed by atoms with Crippen LogP contribution < -0.4 is 0 Å². The number of hydrogen-bond acceptors (Lipinski definition) is 3. The second-order valence-electron chi connectivity index (χ2n) is 4.35. The van der Waals surface area contributed by atoms with Crippen LogP contribution in [0.1, 0.15) is 25.1 Å². The van der Waals surface area contributed by atoms with Crippen molar-refractivity contribution >= 4 is 29.0 Å². The highest BCUT2D eigenvalue weighted by molar-refractivity contribution is 7.99. The first-order valence-electron chi connectivity index (χ1n) is 5.94. The maximum atomic E-state index is 6.08. The molecule has 1 atom stereocenters. The number of pyridine rings is 1. The summed E-state index contributed by atoms with van der Waals surface area (Å²) in [5.41, 5.74) is 0.768. The average Bonchev–Trinajstić information content (AvgIpc) is 2.74. The van der Waals surface area contributed by atoms with Crippen LogP contribution in [0, 0.1) is 0 Å². The Morgan fingerprint density at radius 3 is 3.18 bits per heavy atom. The van der Waals surface area contributed by atoms with E-state index in [1.165, 1.54) is 25.0 Å². The molecule has 0 radical (unpaired) electrons. The van der Waals surface area contributed by atoms with Gasteiger partial charge in [-0.05, 0) is 30.7 Å². The standard InChI is InChI=1S/C12H14ClN3S/c13-10-5-3-6-16-12(10)14-11(15-16)8-9-4-1-2-7-17-9/h3,5-6,9H,1-2,4,7-8H2. The molecule has 90 valence electrons. The Bertz CT molecular complexity index is 519. The molecule has 1 aliphatic rings. The Morgan fingerprint density at radius 1 is 1.47 bits per heavy atom. The molecule has 0 aromatic carbocycles. The molecule has 3 heterocycles. The summed E-state index contributed by atoms with van der Waals surface area (Å²) < 4.78 is 1.77. The Hall–Kier alpha value is -0.740. The third kappa shape index (κ3) is 2.43. The summed E-state index contributed by atoms with van der Waals surface area (Å²) in [5.74, 6) is 2.19. The quantitative estimate of drug-likeness (QED) is 0.837. The van der Waals surface area contributed by atoms with Crippen molar-refractivity contribution in [3.63, 3.8) is 0 Å². The second-order valence-corrected chi connectivity index (χ2v) is 6.16. The molecule has 0 N–H and O–H groups in total. The lowest BCUT2D eigenvalue weighted by molar-refractivity contribution is 0.647. The fraction of sp³-hybridized carbons (Fsp3) is 0.500. The van der Waals surface area contributed by atoms with Crippen LogP contribution in [-0.2, 0) is 6.42 Å². The number of thioether (sulfide) groups is 1. The van der Waals surface area contributed by atoms with Crippen LogP contribution in [-0.4, -0.2) is 25.6 Å². The van der Waals surface area contributed by atoms with Gasteiger partial charge in [-0.2, -0.15) is 16.9 Å². The first-order valence-corrected chi connectivity index (χ1v) is 7.37. The third-order valence-corrected chi connectivity index (χ3v) is 4.74. The van der Waals surface area contributed by atoms with Gasteiger partial charge in [-0.3, -0.25) is 0 Å². The Labute approximate surface area is 110 Å². The minimum absolute atomic E-state index is 0.669. The molecular weight excluding hydrogens is 254 g/mol. The molecule has 0 spiro atoms. The molecule has 2 aromatic rings. The van der Waals surface area contributed by atoms with Crippen LogP contribution in [0.5, 0.6) is 0 Å². The fourth-order valence-corrected chi connectivity index (χ4v) is 3.68. The zero-order valence-corrected chi connectivity index (χ0v) is 11.0. The Kier molecular flexibility index (Phi) is 3.25. The van der Waals surface area contributed by atoms with Crippen molar-refractivity contribution in [2.24, 2.45) is 0 Å². The van der Waals surface area contributed by atoms with Crippen molar-refractivity contribution in [3.05, 3.63) is 29.2 Å². The van der Waals surface area contributed by atoms with Gasteiger partial charge >= 0.3 is 0 Å². The molecule has 0 bridgehead atoms. The number of halogens is 1. The van der Waals surface area contributed by atoms with Crippen LogP contribution in [0.15, 0.2) is 18.3 Å². The van der Waals surface area contributed by atoms with E-state index in [2.05, 4.69) is 10.1 Å². The summed E-state index contributed by atoms with van der Waals surface area (Å²) in [7, 11) is 0. The van der Waals surface area contributed by atoms with Gasteiger partial charge in [0.05, 0.1) is 5.02 Å². The van der Waals surface area contributed by atoms with Crippen LogP contribution in [0.3, 0.4) is 0 Å². The van der Waals surface area contributed by atoms with Gasteiger partial charge in [0.15, 0.2) is 11.5 Å². The van der Waals surface area contributed by atoms with Crippen molar-refractivity contribution in [1.29, 1.82) is 0 Å². The molecule has 3 nitrogen and oxygen atoms in total. The van der Waals surface area contributed by atoms with Crippen LogP contribution in [0.25, 0.3) is 5.65 Å². The summed E-state index contributed by atoms with van der Waals surface area (Å²) in [6.45, 7) is 0. The topological polar surface area (TPSA) is 30.2 Å². The maximum Gasteiger partial charge on any atom is 0.174 e. The van der Waals surface area contributed by atoms with Crippen LogP contribution >= 0.6 is 23.4 Å². The van der Waals surface area contributed by atoms with Gasteiger partial charge in [0.1, 0.15) is 0 Å². The molecular formula is C12H14ClN3S. The van der Waals surface area contributed by atoms with Gasteiger partial charge in [0.25, 0.3) is 0 Å². The lowest BCUT2D eigenvalue weighted by atomic mass is 10.1. The lowest BCUT2D eigenvalue weighted by Crippen LogP contribution is -2.13. The fourth-order valence-electron chi connectivity index (χ4n) is 2.18. The van der Waals surface area contributed by atoms with E-state index in [-0.39, 0.29) is 0 Å². The molecule has 17 heavy (non-hydrogen) atoms. The highest BCUT2D eigenvalue weighted by Crippen LogP contribution is 2.27. The van der Waals surface area contributed by atoms with E-state index in [4.69, 9.17) is 11.6 Å². The third-order valence-electron chi connectivity index (χ3n) is 3.04. The van der Waals surface area contributed by atoms with E-state index in [0.717, 1.165) is 17.9 Å². The molecule has 1 unspecified atom stereocenters. The zero-order chi connectivity index (χ0) is 11.7. The molecule has 0 amide bonds. The van der Waals surface area contributed by atoms with Gasteiger partial charge in [-0.1, -0.05) is 18.0 Å². The van der Waals surface area contributed by atoms with Gasteiger partial charge in [-0.15, -0.1) is 0 Å². The summed E-state index contributed by atoms with van der Waals surface area (Å²) in [6, 6.07) is 3.74. The Morgan fingerprint density at radius 2 is 2.41 bits per heavy atom. The largest absolute Gasteiger partial charge is 0.219 e. The molecule has 3 rings (SSSR count). The van der Waals surface area contributed by atoms with Crippen molar-refractivity contribution in [1.82, 2.24) is 14.6 Å². The second kappa shape index (κ2) is 4.86. The number of rotatable bonds is 2. The number of aromatic nitrogens is 3. The van der Waals surface area contributed by atoms with Gasteiger partial charge in [-0.25, -0.2) is 9.50 Å². The van der Waals surface area contributed by atoms with E-state index in [9.17, 15) is 0 Å². The first kappa shape index (κ1) is 11.4. The molecule has 1 fully saturated rings. The van der Waals surface area contributed by atoms with Crippen molar-refractivity contribution in [2.45, 2.75) is 30.9 Å². The number of fused-ring (bicyclic) bond motifs is 1. The van der Waals surface area contributed by atoms with Crippen molar-refractivity contribution < 1.29 is 0 Å². The smallest absolute Gasteiger partial charge is 0.174 e. The highest BCUT2D eigenvalue weighted by atomic mass is 35.5. The van der Waals surface area contributed by atoms with Crippen LogP contribution in [0.2, 0.25) is 5.02 Å². The summed E-state index contributed by atoms with van der Waals surface area (Å²) in [5, 5.41) is 5.82. The molecule has 0 aliphatic carbocycles. The van der Waals surface area contributed by atoms with E-state index in [0.29, 0.717) is 10.3 Å². The van der Waals surface area contributed by atoms with Crippen LogP contribution in [0.4, 0.5) is 0 Å². The molecule has 1 saturated heterocycles. The van der Waals surface area contributed by atoms with E-state index in [1.807, 2.05) is 30.1 Å². The minimum atomic E-state index is 0.669. The molecule has 1 aliphatic heterocycles. The van der Waals surface area contributed by atoms with E-state index >= 15 is 0 Å². The lowest BCUT2D eigenvalue weighted by Gasteiger charge is -2.19. The number of hydrogen-bond donors (Lipinski definition) is 0. The predicted octanol–water partition coefficient (Wildman–Crippen LogP) is 3.21. The van der Waals surface area contributed by atoms with Gasteiger partial charge < -0.3 is 0 Å². The molecule has 5 heteroatoms. The number of nitrogens with zero attached hydrogens (tertiary/aromatic N) is 3. The van der Waals surface area contributed by atoms with E-state index in [1.54, 1.807) is 4.52 Å². The molecule has 0 saturated carbocycles. The zero-order valence-electron chi connectivity index (χ0n) is 9.47. The summed E-state index contributed by atoms with van der Waals surface area (Å²) >= 11 is 8.13. The summed E-state index contributed by atoms with van der Waals surface area (Å²) in [4.78, 5) is 4.51. The Balaban J connectivity index is 1.83. The van der Waals surface area contributed by atoms with Crippen molar-refractivity contribution in [2.75, 3.05) is 5.75 Å². The maximum absolute atomic E-state index is 6.08. The summed E-state index contributed by atoms with van der Waals surface area (Å²) in [6.07, 6.45) is 6.83. The van der Waals surface area contributed by atoms with Gasteiger partial charge in [0, 0.05) is 17.9 Å². The monoisotopic (exact) mass is 267 g/mol.